The molecule has 198 valence electrons. The first-order valence-electron chi connectivity index (χ1n) is 14.2. The van der Waals surface area contributed by atoms with Gasteiger partial charge in [0, 0.05) is 26.9 Å². The Balaban J connectivity index is 1.43. The Kier molecular flexibility index (Phi) is 6.01. The lowest BCUT2D eigenvalue weighted by Crippen LogP contribution is -2.09. The van der Waals surface area contributed by atoms with E-state index in [-0.39, 0.29) is 0 Å². The predicted octanol–water partition coefficient (Wildman–Crippen LogP) is 12.2. The van der Waals surface area contributed by atoms with Crippen molar-refractivity contribution in [3.8, 4) is 11.1 Å². The molecule has 0 saturated heterocycles. The molecule has 2 heteroatoms. The highest BCUT2D eigenvalue weighted by Crippen LogP contribution is 2.48. The Bertz CT molecular complexity index is 2200. The Morgan fingerprint density at radius 2 is 0.738 bits per heavy atom. The van der Waals surface area contributed by atoms with Gasteiger partial charge in [0.1, 0.15) is 0 Å². The Morgan fingerprint density at radius 3 is 1.29 bits per heavy atom. The second kappa shape index (κ2) is 10.2. The quantitative estimate of drug-likeness (QED) is 0.143. The molecule has 0 N–H and O–H groups in total. The first-order chi connectivity index (χ1) is 20.8. The van der Waals surface area contributed by atoms with Crippen molar-refractivity contribution >= 4 is 76.1 Å². The fourth-order valence-electron chi connectivity index (χ4n) is 6.47. The topological polar surface area (TPSA) is 3.24 Å². The number of hydrogen-bond donors (Lipinski definition) is 0. The molecule has 42 heavy (non-hydrogen) atoms. The molecule has 1 nitrogen and oxygen atoms in total. The lowest BCUT2D eigenvalue weighted by atomic mass is 9.86. The van der Waals surface area contributed by atoms with Gasteiger partial charge in [0.05, 0.1) is 0 Å². The molecule has 0 amide bonds. The van der Waals surface area contributed by atoms with Crippen molar-refractivity contribution in [2.75, 3.05) is 4.90 Å². The fourth-order valence-corrected chi connectivity index (χ4v) is 7.23. The van der Waals surface area contributed by atoms with Gasteiger partial charge in [0.15, 0.2) is 0 Å². The molecule has 0 atom stereocenters. The monoisotopic (exact) mass is 599 g/mol. The van der Waals surface area contributed by atoms with Crippen molar-refractivity contribution in [1.82, 2.24) is 0 Å². The van der Waals surface area contributed by atoms with Crippen molar-refractivity contribution < 1.29 is 0 Å². The summed E-state index contributed by atoms with van der Waals surface area (Å²) in [7, 11) is 0. The van der Waals surface area contributed by atoms with Crippen LogP contribution in [0.3, 0.4) is 0 Å². The molecule has 0 heterocycles. The van der Waals surface area contributed by atoms with Crippen LogP contribution in [0.1, 0.15) is 0 Å². The highest BCUT2D eigenvalue weighted by molar-refractivity contribution is 9.10. The van der Waals surface area contributed by atoms with E-state index in [4.69, 9.17) is 0 Å². The van der Waals surface area contributed by atoms with Gasteiger partial charge in [-0.25, -0.2) is 0 Å². The molecule has 8 aromatic rings. The smallest absolute Gasteiger partial charge is 0.0462 e. The Labute approximate surface area is 253 Å². The minimum Gasteiger partial charge on any atom is -0.311 e. The van der Waals surface area contributed by atoms with Gasteiger partial charge >= 0.3 is 0 Å². The SMILES string of the molecule is Brc1c2ccccc2c(-c2ccc(N(c3ccccc3)c3ccccc3)cc2)c2c3ccccc3c3ccccc3c12. The summed E-state index contributed by atoms with van der Waals surface area (Å²) in [6.45, 7) is 0. The largest absolute Gasteiger partial charge is 0.311 e. The number of hydrogen-bond acceptors (Lipinski definition) is 1. The normalized spacial score (nSPS) is 11.5. The van der Waals surface area contributed by atoms with Crippen LogP contribution in [0.15, 0.2) is 162 Å². The Hall–Kier alpha value is -4.92. The Morgan fingerprint density at radius 1 is 0.333 bits per heavy atom. The number of benzene rings is 8. The zero-order valence-electron chi connectivity index (χ0n) is 22.8. The van der Waals surface area contributed by atoms with E-state index >= 15 is 0 Å². The van der Waals surface area contributed by atoms with Crippen LogP contribution in [0, 0.1) is 0 Å². The molecular formula is C40H26BrN. The van der Waals surface area contributed by atoms with E-state index in [2.05, 4.69) is 179 Å². The molecule has 0 saturated carbocycles. The van der Waals surface area contributed by atoms with Crippen LogP contribution < -0.4 is 4.90 Å². The van der Waals surface area contributed by atoms with Crippen LogP contribution in [0.5, 0.6) is 0 Å². The van der Waals surface area contributed by atoms with Crippen LogP contribution >= 0.6 is 15.9 Å². The van der Waals surface area contributed by atoms with Gasteiger partial charge in [0.25, 0.3) is 0 Å². The van der Waals surface area contributed by atoms with Gasteiger partial charge in [-0.15, -0.1) is 0 Å². The highest BCUT2D eigenvalue weighted by Gasteiger charge is 2.20. The molecule has 0 bridgehead atoms. The first kappa shape index (κ1) is 24.8. The number of nitrogens with zero attached hydrogens (tertiary/aromatic N) is 1. The van der Waals surface area contributed by atoms with E-state index in [0.717, 1.165) is 21.5 Å². The average Bonchev–Trinajstić information content (AvgIpc) is 3.06. The third-order valence-electron chi connectivity index (χ3n) is 8.28. The minimum atomic E-state index is 1.12. The summed E-state index contributed by atoms with van der Waals surface area (Å²) in [5.41, 5.74) is 5.86. The molecule has 0 aliphatic carbocycles. The maximum absolute atomic E-state index is 4.07. The standard InChI is InChI=1S/C40H26BrN/c41-40-36-22-12-11-21-35(36)37(38-33-19-9-7-17-31(33)32-18-8-10-20-34(32)39(38)40)27-23-25-30(26-24-27)42(28-13-3-1-4-14-28)29-15-5-2-6-16-29/h1-26H. The van der Waals surface area contributed by atoms with Crippen LogP contribution in [0.4, 0.5) is 17.1 Å². The zero-order chi connectivity index (χ0) is 28.0. The predicted molar refractivity (Wildman–Crippen MR) is 184 cm³/mol. The average molecular weight is 601 g/mol. The number of fused-ring (bicyclic) bond motifs is 7. The summed E-state index contributed by atoms with van der Waals surface area (Å²) < 4.78 is 1.15. The molecule has 0 aliphatic rings. The fraction of sp³-hybridized carbons (Fsp3) is 0. The second-order valence-corrected chi connectivity index (χ2v) is 11.4. The summed E-state index contributed by atoms with van der Waals surface area (Å²) in [5.74, 6) is 0. The van der Waals surface area contributed by atoms with Crippen molar-refractivity contribution in [3.05, 3.63) is 162 Å². The molecule has 0 aliphatic heterocycles. The van der Waals surface area contributed by atoms with Crippen LogP contribution in [0.25, 0.3) is 54.2 Å². The van der Waals surface area contributed by atoms with Gasteiger partial charge in [0.2, 0.25) is 0 Å². The molecule has 8 aromatic carbocycles. The molecule has 0 radical (unpaired) electrons. The van der Waals surface area contributed by atoms with Gasteiger partial charge in [-0.3, -0.25) is 0 Å². The molecule has 0 spiro atoms. The summed E-state index contributed by atoms with van der Waals surface area (Å²) in [6.07, 6.45) is 0. The molecule has 0 unspecified atom stereocenters. The minimum absolute atomic E-state index is 1.12. The summed E-state index contributed by atoms with van der Waals surface area (Å²) in [5, 5.41) is 10.1. The number of rotatable bonds is 4. The maximum Gasteiger partial charge on any atom is 0.0462 e. The van der Waals surface area contributed by atoms with Gasteiger partial charge in [-0.05, 0) is 101 Å². The summed E-state index contributed by atoms with van der Waals surface area (Å²) in [4.78, 5) is 2.31. The van der Waals surface area contributed by atoms with Gasteiger partial charge < -0.3 is 4.90 Å². The van der Waals surface area contributed by atoms with Gasteiger partial charge in [-0.1, -0.05) is 121 Å². The lowest BCUT2D eigenvalue weighted by molar-refractivity contribution is 1.28. The zero-order valence-corrected chi connectivity index (χ0v) is 24.4. The van der Waals surface area contributed by atoms with Gasteiger partial charge in [-0.2, -0.15) is 0 Å². The van der Waals surface area contributed by atoms with Crippen LogP contribution in [0.2, 0.25) is 0 Å². The lowest BCUT2D eigenvalue weighted by Gasteiger charge is -2.26. The molecule has 8 rings (SSSR count). The number of anilines is 3. The van der Waals surface area contributed by atoms with E-state index in [1.165, 1.54) is 54.2 Å². The van der Waals surface area contributed by atoms with E-state index in [9.17, 15) is 0 Å². The van der Waals surface area contributed by atoms with E-state index in [0.29, 0.717) is 0 Å². The molecule has 0 aromatic heterocycles. The third kappa shape index (κ3) is 3.91. The van der Waals surface area contributed by atoms with Crippen LogP contribution in [-0.2, 0) is 0 Å². The summed E-state index contributed by atoms with van der Waals surface area (Å²) in [6, 6.07) is 56.6. The first-order valence-corrected chi connectivity index (χ1v) is 15.0. The van der Waals surface area contributed by atoms with Crippen LogP contribution in [-0.4, -0.2) is 0 Å². The molecule has 0 fully saturated rings. The third-order valence-corrected chi connectivity index (χ3v) is 9.10. The van der Waals surface area contributed by atoms with Crippen molar-refractivity contribution in [3.63, 3.8) is 0 Å². The van der Waals surface area contributed by atoms with Crippen molar-refractivity contribution in [2.24, 2.45) is 0 Å². The van der Waals surface area contributed by atoms with Crippen molar-refractivity contribution in [1.29, 1.82) is 0 Å². The maximum atomic E-state index is 4.07. The van der Waals surface area contributed by atoms with E-state index < -0.39 is 0 Å². The highest BCUT2D eigenvalue weighted by atomic mass is 79.9. The second-order valence-electron chi connectivity index (χ2n) is 10.6. The number of para-hydroxylation sites is 2. The van der Waals surface area contributed by atoms with E-state index in [1.807, 2.05) is 0 Å². The van der Waals surface area contributed by atoms with Crippen molar-refractivity contribution in [2.45, 2.75) is 0 Å². The molecular weight excluding hydrogens is 574 g/mol. The number of halogens is 1. The summed E-state index contributed by atoms with van der Waals surface area (Å²) >= 11 is 4.07. The van der Waals surface area contributed by atoms with E-state index in [1.54, 1.807) is 0 Å².